The van der Waals surface area contributed by atoms with Gasteiger partial charge in [-0.2, -0.15) is 0 Å². The number of hydrogen-bond acceptors (Lipinski definition) is 4. The number of rotatable bonds is 4. The Kier molecular flexibility index (Phi) is 4.68. The molecule has 1 amide bonds. The monoisotopic (exact) mass is 317 g/mol. The number of likely N-dealkylation sites (tertiary alicyclic amines) is 1. The maximum atomic E-state index is 12.4. The van der Waals surface area contributed by atoms with Gasteiger partial charge in [-0.05, 0) is 18.9 Å². The highest BCUT2D eigenvalue weighted by molar-refractivity contribution is 7.09. The molecule has 0 N–H and O–H groups in total. The van der Waals surface area contributed by atoms with Gasteiger partial charge in [0.15, 0.2) is 0 Å². The standard InChI is InChI=1S/C16H19N3O2S/c20-14-5-1-2-8-18(14)10-6-15(21)19-9-3-4-13(12-19)16-17-7-11-22-16/h1-2,5,7-8,11,13H,3-4,6,9-10,12H2/t13-/m1/s1. The minimum atomic E-state index is -0.0605. The second-order valence-electron chi connectivity index (χ2n) is 5.53. The molecule has 0 aromatic carbocycles. The van der Waals surface area contributed by atoms with Crippen molar-refractivity contribution in [1.29, 1.82) is 0 Å². The highest BCUT2D eigenvalue weighted by atomic mass is 32.1. The maximum absolute atomic E-state index is 12.4. The van der Waals surface area contributed by atoms with E-state index >= 15 is 0 Å². The Morgan fingerprint density at radius 3 is 3.09 bits per heavy atom. The molecule has 1 aliphatic rings. The lowest BCUT2D eigenvalue weighted by atomic mass is 9.98. The van der Waals surface area contributed by atoms with Crippen molar-refractivity contribution < 1.29 is 4.79 Å². The molecule has 0 bridgehead atoms. The van der Waals surface area contributed by atoms with Crippen LogP contribution in [-0.2, 0) is 11.3 Å². The number of piperidine rings is 1. The van der Waals surface area contributed by atoms with Gasteiger partial charge >= 0.3 is 0 Å². The zero-order chi connectivity index (χ0) is 15.4. The summed E-state index contributed by atoms with van der Waals surface area (Å²) in [6, 6.07) is 5.04. The minimum absolute atomic E-state index is 0.0605. The molecule has 2 aromatic heterocycles. The van der Waals surface area contributed by atoms with Gasteiger partial charge in [-0.25, -0.2) is 4.98 Å². The average molecular weight is 317 g/mol. The number of hydrogen-bond donors (Lipinski definition) is 0. The first-order valence-corrected chi connectivity index (χ1v) is 8.44. The van der Waals surface area contributed by atoms with Crippen LogP contribution in [0, 0.1) is 0 Å². The molecule has 116 valence electrons. The fraction of sp³-hybridized carbons (Fsp3) is 0.438. The van der Waals surface area contributed by atoms with E-state index in [2.05, 4.69) is 4.98 Å². The van der Waals surface area contributed by atoms with E-state index in [1.807, 2.05) is 22.5 Å². The van der Waals surface area contributed by atoms with Crippen LogP contribution in [0.3, 0.4) is 0 Å². The number of aromatic nitrogens is 2. The summed E-state index contributed by atoms with van der Waals surface area (Å²) in [6.07, 6.45) is 6.03. The normalized spacial score (nSPS) is 18.4. The molecule has 0 radical (unpaired) electrons. The summed E-state index contributed by atoms with van der Waals surface area (Å²) in [4.78, 5) is 30.3. The van der Waals surface area contributed by atoms with Crippen LogP contribution in [0.2, 0.25) is 0 Å². The predicted molar refractivity (Wildman–Crippen MR) is 86.0 cm³/mol. The molecular weight excluding hydrogens is 298 g/mol. The zero-order valence-corrected chi connectivity index (χ0v) is 13.2. The number of amides is 1. The Balaban J connectivity index is 1.58. The van der Waals surface area contributed by atoms with Gasteiger partial charge in [0, 0.05) is 55.8 Å². The Hall–Kier alpha value is -1.95. The first-order chi connectivity index (χ1) is 10.7. The van der Waals surface area contributed by atoms with Gasteiger partial charge in [-0.3, -0.25) is 9.59 Å². The molecular formula is C16H19N3O2S. The summed E-state index contributed by atoms with van der Waals surface area (Å²) in [5, 5.41) is 3.11. The quantitative estimate of drug-likeness (QED) is 0.868. The molecule has 2 aromatic rings. The molecule has 1 aliphatic heterocycles. The van der Waals surface area contributed by atoms with Gasteiger partial charge in [0.25, 0.3) is 5.56 Å². The third-order valence-electron chi connectivity index (χ3n) is 4.04. The fourth-order valence-corrected chi connectivity index (χ4v) is 3.63. The van der Waals surface area contributed by atoms with Crippen LogP contribution in [0.25, 0.3) is 0 Å². The second-order valence-corrected chi connectivity index (χ2v) is 6.46. The van der Waals surface area contributed by atoms with E-state index in [4.69, 9.17) is 0 Å². The molecule has 0 aliphatic carbocycles. The van der Waals surface area contributed by atoms with Crippen molar-refractivity contribution in [3.63, 3.8) is 0 Å². The summed E-state index contributed by atoms with van der Waals surface area (Å²) in [5.74, 6) is 0.481. The lowest BCUT2D eigenvalue weighted by Gasteiger charge is -2.32. The molecule has 3 rings (SSSR count). The van der Waals surface area contributed by atoms with E-state index < -0.39 is 0 Å². The highest BCUT2D eigenvalue weighted by Gasteiger charge is 2.25. The van der Waals surface area contributed by atoms with Crippen LogP contribution in [-0.4, -0.2) is 33.4 Å². The van der Waals surface area contributed by atoms with Crippen molar-refractivity contribution in [3.8, 4) is 0 Å². The molecule has 6 heteroatoms. The largest absolute Gasteiger partial charge is 0.342 e. The first kappa shape index (κ1) is 15.0. The van der Waals surface area contributed by atoms with Crippen LogP contribution in [0.4, 0.5) is 0 Å². The van der Waals surface area contributed by atoms with E-state index in [0.717, 1.165) is 30.9 Å². The lowest BCUT2D eigenvalue weighted by Crippen LogP contribution is -2.39. The first-order valence-electron chi connectivity index (χ1n) is 7.56. The number of carbonyl (C=O) groups is 1. The summed E-state index contributed by atoms with van der Waals surface area (Å²) in [5.41, 5.74) is -0.0605. The summed E-state index contributed by atoms with van der Waals surface area (Å²) < 4.78 is 1.58. The molecule has 22 heavy (non-hydrogen) atoms. The molecule has 0 unspecified atom stereocenters. The van der Waals surface area contributed by atoms with Crippen LogP contribution in [0.1, 0.15) is 30.2 Å². The van der Waals surface area contributed by atoms with Crippen LogP contribution in [0.15, 0.2) is 40.8 Å². The SMILES string of the molecule is O=C(CCn1ccccc1=O)N1CCC[C@@H](c2nccs2)C1. The van der Waals surface area contributed by atoms with Crippen molar-refractivity contribution >= 4 is 17.2 Å². The van der Waals surface area contributed by atoms with E-state index in [-0.39, 0.29) is 11.5 Å². The van der Waals surface area contributed by atoms with Gasteiger partial charge in [0.1, 0.15) is 0 Å². The molecule has 1 saturated heterocycles. The summed E-state index contributed by atoms with van der Waals surface area (Å²) in [6.45, 7) is 2.00. The molecule has 5 nitrogen and oxygen atoms in total. The van der Waals surface area contributed by atoms with Crippen molar-refractivity contribution in [2.24, 2.45) is 0 Å². The average Bonchev–Trinajstić information content (AvgIpc) is 3.08. The number of nitrogens with zero attached hydrogens (tertiary/aromatic N) is 3. The summed E-state index contributed by atoms with van der Waals surface area (Å²) in [7, 11) is 0. The molecule has 0 saturated carbocycles. The van der Waals surface area contributed by atoms with E-state index in [1.165, 1.54) is 6.07 Å². The fourth-order valence-electron chi connectivity index (χ4n) is 2.86. The van der Waals surface area contributed by atoms with E-state index in [9.17, 15) is 9.59 Å². The van der Waals surface area contributed by atoms with Crippen LogP contribution in [0.5, 0.6) is 0 Å². The smallest absolute Gasteiger partial charge is 0.250 e. The Morgan fingerprint density at radius 1 is 1.41 bits per heavy atom. The second kappa shape index (κ2) is 6.87. The number of pyridine rings is 1. The lowest BCUT2D eigenvalue weighted by molar-refractivity contribution is -0.132. The van der Waals surface area contributed by atoms with Gasteiger partial charge in [0.2, 0.25) is 5.91 Å². The summed E-state index contributed by atoms with van der Waals surface area (Å²) >= 11 is 1.66. The zero-order valence-electron chi connectivity index (χ0n) is 12.4. The van der Waals surface area contributed by atoms with E-state index in [0.29, 0.717) is 18.9 Å². The van der Waals surface area contributed by atoms with Crippen LogP contribution < -0.4 is 5.56 Å². The van der Waals surface area contributed by atoms with E-state index in [1.54, 1.807) is 28.2 Å². The van der Waals surface area contributed by atoms with Gasteiger partial charge in [-0.15, -0.1) is 11.3 Å². The van der Waals surface area contributed by atoms with Gasteiger partial charge in [0.05, 0.1) is 5.01 Å². The van der Waals surface area contributed by atoms with Crippen molar-refractivity contribution in [2.75, 3.05) is 13.1 Å². The third kappa shape index (κ3) is 3.44. The van der Waals surface area contributed by atoms with Gasteiger partial charge < -0.3 is 9.47 Å². The predicted octanol–water partition coefficient (Wildman–Crippen LogP) is 2.10. The third-order valence-corrected chi connectivity index (χ3v) is 4.98. The maximum Gasteiger partial charge on any atom is 0.250 e. The Bertz CT molecular complexity index is 681. The molecule has 0 spiro atoms. The molecule has 1 fully saturated rings. The van der Waals surface area contributed by atoms with Crippen molar-refractivity contribution in [2.45, 2.75) is 31.7 Å². The molecule has 3 heterocycles. The minimum Gasteiger partial charge on any atom is -0.342 e. The van der Waals surface area contributed by atoms with Crippen LogP contribution >= 0.6 is 11.3 Å². The number of thiazole rings is 1. The highest BCUT2D eigenvalue weighted by Crippen LogP contribution is 2.28. The van der Waals surface area contributed by atoms with Gasteiger partial charge in [-0.1, -0.05) is 6.07 Å². The van der Waals surface area contributed by atoms with Crippen molar-refractivity contribution in [1.82, 2.24) is 14.5 Å². The number of carbonyl (C=O) groups excluding carboxylic acids is 1. The Morgan fingerprint density at radius 2 is 2.32 bits per heavy atom. The molecule has 1 atom stereocenters. The van der Waals surface area contributed by atoms with Crippen molar-refractivity contribution in [3.05, 3.63) is 51.3 Å². The topological polar surface area (TPSA) is 55.2 Å². The Labute approximate surface area is 133 Å². The number of aryl methyl sites for hydroxylation is 1.